The number of hydrogen-bond acceptors (Lipinski definition) is 2. The normalized spacial score (nSPS) is 19.4. The van der Waals surface area contributed by atoms with Crippen molar-refractivity contribution in [1.29, 1.82) is 0 Å². The van der Waals surface area contributed by atoms with E-state index in [0.29, 0.717) is 12.3 Å². The highest BCUT2D eigenvalue weighted by atomic mass is 16.2. The van der Waals surface area contributed by atoms with Crippen molar-refractivity contribution in [2.24, 2.45) is 0 Å². The lowest BCUT2D eigenvalue weighted by Gasteiger charge is -2.31. The third kappa shape index (κ3) is 2.55. The van der Waals surface area contributed by atoms with Gasteiger partial charge in [-0.1, -0.05) is 19.1 Å². The van der Waals surface area contributed by atoms with Crippen LogP contribution in [-0.4, -0.2) is 33.9 Å². The highest BCUT2D eigenvalue weighted by Gasteiger charge is 2.26. The largest absolute Gasteiger partial charge is 0.342 e. The monoisotopic (exact) mass is 271 g/mol. The zero-order valence-corrected chi connectivity index (χ0v) is 11.9. The van der Waals surface area contributed by atoms with Gasteiger partial charge in [0, 0.05) is 25.4 Å². The minimum absolute atomic E-state index is 0.285. The molecule has 2 heterocycles. The average molecular weight is 271 g/mol. The van der Waals surface area contributed by atoms with Gasteiger partial charge < -0.3 is 9.88 Å². The Kier molecular flexibility index (Phi) is 3.72. The molecule has 3 rings (SSSR count). The number of amides is 1. The maximum Gasteiger partial charge on any atom is 0.222 e. The number of aromatic nitrogens is 2. The Morgan fingerprint density at radius 2 is 2.30 bits per heavy atom. The molecule has 1 saturated heterocycles. The van der Waals surface area contributed by atoms with Crippen molar-refractivity contribution in [2.75, 3.05) is 13.1 Å². The summed E-state index contributed by atoms with van der Waals surface area (Å²) in [5, 5.41) is 0. The van der Waals surface area contributed by atoms with E-state index in [9.17, 15) is 4.79 Å². The Morgan fingerprint density at radius 1 is 1.45 bits per heavy atom. The van der Waals surface area contributed by atoms with Crippen LogP contribution in [-0.2, 0) is 4.79 Å². The number of nitrogens with one attached hydrogen (secondary N) is 1. The Labute approximate surface area is 119 Å². The van der Waals surface area contributed by atoms with Gasteiger partial charge in [-0.25, -0.2) is 4.98 Å². The minimum atomic E-state index is 0.285. The SMILES string of the molecule is CCCC(=O)N1CCCC(c2nc3ccccc3[nH]2)C1. The number of para-hydroxylation sites is 2. The summed E-state index contributed by atoms with van der Waals surface area (Å²) in [7, 11) is 0. The predicted molar refractivity (Wildman–Crippen MR) is 79.6 cm³/mol. The summed E-state index contributed by atoms with van der Waals surface area (Å²) in [5.74, 6) is 1.66. The van der Waals surface area contributed by atoms with Gasteiger partial charge >= 0.3 is 0 Å². The number of H-pyrrole nitrogens is 1. The van der Waals surface area contributed by atoms with Crippen LogP contribution < -0.4 is 0 Å². The van der Waals surface area contributed by atoms with E-state index in [4.69, 9.17) is 0 Å². The quantitative estimate of drug-likeness (QED) is 0.932. The Balaban J connectivity index is 1.77. The van der Waals surface area contributed by atoms with Crippen LogP contribution in [0, 0.1) is 0 Å². The molecule has 1 aliphatic heterocycles. The number of likely N-dealkylation sites (tertiary alicyclic amines) is 1. The van der Waals surface area contributed by atoms with Crippen LogP contribution in [0.2, 0.25) is 0 Å². The number of benzene rings is 1. The molecule has 4 heteroatoms. The van der Waals surface area contributed by atoms with E-state index in [2.05, 4.69) is 23.0 Å². The molecule has 1 N–H and O–H groups in total. The van der Waals surface area contributed by atoms with Crippen molar-refractivity contribution >= 4 is 16.9 Å². The third-order valence-corrected chi connectivity index (χ3v) is 4.03. The summed E-state index contributed by atoms with van der Waals surface area (Å²) < 4.78 is 0. The molecule has 0 bridgehead atoms. The number of nitrogens with zero attached hydrogens (tertiary/aromatic N) is 2. The molecule has 4 nitrogen and oxygen atoms in total. The molecule has 1 unspecified atom stereocenters. The maximum absolute atomic E-state index is 12.0. The fraction of sp³-hybridized carbons (Fsp3) is 0.500. The fourth-order valence-corrected chi connectivity index (χ4v) is 2.96. The van der Waals surface area contributed by atoms with Crippen LogP contribution >= 0.6 is 0 Å². The second-order valence-electron chi connectivity index (χ2n) is 5.57. The van der Waals surface area contributed by atoms with E-state index in [1.54, 1.807) is 0 Å². The molecule has 1 fully saturated rings. The van der Waals surface area contributed by atoms with Crippen molar-refractivity contribution in [3.05, 3.63) is 30.1 Å². The molecular weight excluding hydrogens is 250 g/mol. The second kappa shape index (κ2) is 5.65. The van der Waals surface area contributed by atoms with Gasteiger partial charge in [0.1, 0.15) is 5.82 Å². The lowest BCUT2D eigenvalue weighted by Crippen LogP contribution is -2.39. The van der Waals surface area contributed by atoms with Crippen LogP contribution in [0.25, 0.3) is 11.0 Å². The molecule has 106 valence electrons. The van der Waals surface area contributed by atoms with Gasteiger partial charge in [0.05, 0.1) is 11.0 Å². The van der Waals surface area contributed by atoms with Crippen LogP contribution in [0.15, 0.2) is 24.3 Å². The van der Waals surface area contributed by atoms with Crippen LogP contribution in [0.3, 0.4) is 0 Å². The smallest absolute Gasteiger partial charge is 0.222 e. The number of piperidine rings is 1. The molecule has 1 aromatic heterocycles. The summed E-state index contributed by atoms with van der Waals surface area (Å²) in [6.45, 7) is 3.76. The number of rotatable bonds is 3. The average Bonchev–Trinajstić information content (AvgIpc) is 2.91. The zero-order valence-electron chi connectivity index (χ0n) is 11.9. The van der Waals surface area contributed by atoms with E-state index < -0.39 is 0 Å². The van der Waals surface area contributed by atoms with Crippen molar-refractivity contribution in [3.63, 3.8) is 0 Å². The van der Waals surface area contributed by atoms with E-state index in [-0.39, 0.29) is 5.91 Å². The number of fused-ring (bicyclic) bond motifs is 1. The highest BCUT2D eigenvalue weighted by molar-refractivity contribution is 5.76. The highest BCUT2D eigenvalue weighted by Crippen LogP contribution is 2.27. The Hall–Kier alpha value is -1.84. The lowest BCUT2D eigenvalue weighted by molar-refractivity contribution is -0.132. The molecule has 0 aliphatic carbocycles. The van der Waals surface area contributed by atoms with Crippen molar-refractivity contribution in [1.82, 2.24) is 14.9 Å². The first-order valence-corrected chi connectivity index (χ1v) is 7.50. The molecular formula is C16H21N3O. The Bertz CT molecular complexity index is 572. The molecule has 1 aromatic carbocycles. The van der Waals surface area contributed by atoms with Crippen molar-refractivity contribution < 1.29 is 4.79 Å². The van der Waals surface area contributed by atoms with Crippen LogP contribution in [0.5, 0.6) is 0 Å². The van der Waals surface area contributed by atoms with Gasteiger partial charge in [-0.3, -0.25) is 4.79 Å². The van der Waals surface area contributed by atoms with E-state index in [1.807, 2.05) is 23.1 Å². The van der Waals surface area contributed by atoms with Gasteiger partial charge in [0.15, 0.2) is 0 Å². The molecule has 0 radical (unpaired) electrons. The summed E-state index contributed by atoms with van der Waals surface area (Å²) in [6.07, 6.45) is 3.75. The van der Waals surface area contributed by atoms with Crippen molar-refractivity contribution in [3.8, 4) is 0 Å². The Morgan fingerprint density at radius 3 is 3.10 bits per heavy atom. The van der Waals surface area contributed by atoms with Gasteiger partial charge in [-0.2, -0.15) is 0 Å². The summed E-state index contributed by atoms with van der Waals surface area (Å²) in [4.78, 5) is 22.1. The molecule has 1 atom stereocenters. The lowest BCUT2D eigenvalue weighted by atomic mass is 9.97. The number of carbonyl (C=O) groups is 1. The molecule has 2 aromatic rings. The van der Waals surface area contributed by atoms with E-state index >= 15 is 0 Å². The van der Waals surface area contributed by atoms with E-state index in [0.717, 1.165) is 49.2 Å². The molecule has 0 spiro atoms. The molecule has 0 saturated carbocycles. The number of hydrogen-bond donors (Lipinski definition) is 1. The number of carbonyl (C=O) groups excluding carboxylic acids is 1. The van der Waals surface area contributed by atoms with E-state index in [1.165, 1.54) is 0 Å². The van der Waals surface area contributed by atoms with Gasteiger partial charge in [0.2, 0.25) is 5.91 Å². The van der Waals surface area contributed by atoms with Gasteiger partial charge in [0.25, 0.3) is 0 Å². The standard InChI is InChI=1S/C16H21N3O/c1-2-6-15(20)19-10-5-7-12(11-19)16-17-13-8-3-4-9-14(13)18-16/h3-4,8-9,12H,2,5-7,10-11H2,1H3,(H,17,18). The first kappa shape index (κ1) is 13.2. The zero-order chi connectivity index (χ0) is 13.9. The first-order valence-electron chi connectivity index (χ1n) is 7.50. The van der Waals surface area contributed by atoms with Crippen molar-refractivity contribution in [2.45, 2.75) is 38.5 Å². The van der Waals surface area contributed by atoms with Gasteiger partial charge in [-0.05, 0) is 31.4 Å². The maximum atomic E-state index is 12.0. The fourth-order valence-electron chi connectivity index (χ4n) is 2.96. The van der Waals surface area contributed by atoms with Crippen LogP contribution in [0.1, 0.15) is 44.3 Å². The third-order valence-electron chi connectivity index (χ3n) is 4.03. The molecule has 20 heavy (non-hydrogen) atoms. The topological polar surface area (TPSA) is 49.0 Å². The summed E-state index contributed by atoms with van der Waals surface area (Å²) in [6, 6.07) is 8.10. The number of aromatic amines is 1. The summed E-state index contributed by atoms with van der Waals surface area (Å²) in [5.41, 5.74) is 2.10. The molecule has 1 amide bonds. The second-order valence-corrected chi connectivity index (χ2v) is 5.57. The minimum Gasteiger partial charge on any atom is -0.342 e. The number of imidazole rings is 1. The predicted octanol–water partition coefficient (Wildman–Crippen LogP) is 3.07. The molecule has 1 aliphatic rings. The van der Waals surface area contributed by atoms with Gasteiger partial charge in [-0.15, -0.1) is 0 Å². The first-order chi connectivity index (χ1) is 9.78. The summed E-state index contributed by atoms with van der Waals surface area (Å²) >= 11 is 0. The van der Waals surface area contributed by atoms with Crippen LogP contribution in [0.4, 0.5) is 0 Å².